The molecule has 0 saturated heterocycles. The Morgan fingerprint density at radius 1 is 1.25 bits per heavy atom. The van der Waals surface area contributed by atoms with E-state index in [2.05, 4.69) is 13.8 Å². The van der Waals surface area contributed by atoms with E-state index in [4.69, 9.17) is 9.47 Å². The average Bonchev–Trinajstić information content (AvgIpc) is 2.28. The molecule has 0 amide bonds. The molecule has 0 saturated carbocycles. The summed E-state index contributed by atoms with van der Waals surface area (Å²) >= 11 is 0. The van der Waals surface area contributed by atoms with Crippen molar-refractivity contribution in [3.8, 4) is 5.75 Å². The zero-order chi connectivity index (χ0) is 12.0. The number of hydrogen-bond acceptors (Lipinski definition) is 3. The van der Waals surface area contributed by atoms with Crippen molar-refractivity contribution in [2.24, 2.45) is 5.92 Å². The predicted octanol–water partition coefficient (Wildman–Crippen LogP) is 2.90. The molecular formula is C13H18O3. The minimum absolute atomic E-state index is 0.275. The molecule has 0 radical (unpaired) electrons. The van der Waals surface area contributed by atoms with Gasteiger partial charge in [-0.2, -0.15) is 0 Å². The van der Waals surface area contributed by atoms with Crippen LogP contribution in [0.15, 0.2) is 24.3 Å². The van der Waals surface area contributed by atoms with Crippen LogP contribution in [0.25, 0.3) is 0 Å². The quantitative estimate of drug-likeness (QED) is 0.718. The zero-order valence-electron chi connectivity index (χ0n) is 10.0. The van der Waals surface area contributed by atoms with Gasteiger partial charge >= 0.3 is 5.97 Å². The van der Waals surface area contributed by atoms with Crippen molar-refractivity contribution >= 4 is 5.97 Å². The van der Waals surface area contributed by atoms with Crippen LogP contribution in [-0.2, 0) is 4.74 Å². The van der Waals surface area contributed by atoms with Crippen LogP contribution < -0.4 is 4.74 Å². The number of methoxy groups -OCH3 is 1. The van der Waals surface area contributed by atoms with Gasteiger partial charge in [-0.3, -0.25) is 0 Å². The summed E-state index contributed by atoms with van der Waals surface area (Å²) in [5.74, 6) is 1.01. The monoisotopic (exact) mass is 222 g/mol. The fourth-order valence-corrected chi connectivity index (χ4v) is 1.20. The fourth-order valence-electron chi connectivity index (χ4n) is 1.20. The maximum Gasteiger partial charge on any atom is 0.338 e. The van der Waals surface area contributed by atoms with Crippen molar-refractivity contribution < 1.29 is 14.3 Å². The number of carbonyl (C=O) groups is 1. The lowest BCUT2D eigenvalue weighted by atomic mass is 10.1. The summed E-state index contributed by atoms with van der Waals surface area (Å²) in [6.07, 6.45) is 0.891. The number of hydrogen-bond donors (Lipinski definition) is 0. The molecule has 0 aromatic heterocycles. The van der Waals surface area contributed by atoms with E-state index < -0.39 is 0 Å². The van der Waals surface area contributed by atoms with Gasteiger partial charge < -0.3 is 9.47 Å². The van der Waals surface area contributed by atoms with Crippen molar-refractivity contribution in [1.82, 2.24) is 0 Å². The molecule has 0 heterocycles. The largest absolute Gasteiger partial charge is 0.497 e. The summed E-state index contributed by atoms with van der Waals surface area (Å²) in [5, 5.41) is 0. The smallest absolute Gasteiger partial charge is 0.338 e. The number of carbonyl (C=O) groups excluding carboxylic acids is 1. The summed E-state index contributed by atoms with van der Waals surface area (Å²) in [7, 11) is 1.59. The van der Waals surface area contributed by atoms with E-state index in [9.17, 15) is 4.79 Å². The van der Waals surface area contributed by atoms with E-state index in [1.54, 1.807) is 31.4 Å². The van der Waals surface area contributed by atoms with Gasteiger partial charge in [0.25, 0.3) is 0 Å². The third kappa shape index (κ3) is 3.93. The van der Waals surface area contributed by atoms with Crippen molar-refractivity contribution in [2.75, 3.05) is 13.7 Å². The molecule has 0 N–H and O–H groups in total. The van der Waals surface area contributed by atoms with E-state index in [0.717, 1.165) is 12.2 Å². The van der Waals surface area contributed by atoms with Crippen molar-refractivity contribution in [3.05, 3.63) is 29.8 Å². The SMILES string of the molecule is COc1ccc(C(=O)OCCC(C)C)cc1. The Balaban J connectivity index is 2.46. The average molecular weight is 222 g/mol. The van der Waals surface area contributed by atoms with Crippen LogP contribution in [0.5, 0.6) is 5.75 Å². The zero-order valence-corrected chi connectivity index (χ0v) is 10.0. The van der Waals surface area contributed by atoms with Gasteiger partial charge in [0.05, 0.1) is 19.3 Å². The summed E-state index contributed by atoms with van der Waals surface area (Å²) in [6, 6.07) is 6.91. The van der Waals surface area contributed by atoms with Crippen LogP contribution in [0.2, 0.25) is 0 Å². The molecule has 3 nitrogen and oxygen atoms in total. The molecule has 0 aliphatic heterocycles. The maximum absolute atomic E-state index is 11.6. The van der Waals surface area contributed by atoms with Crippen LogP contribution in [0.1, 0.15) is 30.6 Å². The third-order valence-electron chi connectivity index (χ3n) is 2.25. The van der Waals surface area contributed by atoms with Gasteiger partial charge in [0, 0.05) is 0 Å². The molecule has 0 bridgehead atoms. The number of esters is 1. The van der Waals surface area contributed by atoms with Gasteiger partial charge in [-0.1, -0.05) is 13.8 Å². The van der Waals surface area contributed by atoms with Crippen LogP contribution in [0.4, 0.5) is 0 Å². The lowest BCUT2D eigenvalue weighted by molar-refractivity contribution is 0.0488. The van der Waals surface area contributed by atoms with E-state index in [0.29, 0.717) is 18.1 Å². The third-order valence-corrected chi connectivity index (χ3v) is 2.25. The van der Waals surface area contributed by atoms with Crippen LogP contribution in [0.3, 0.4) is 0 Å². The lowest BCUT2D eigenvalue weighted by Gasteiger charge is -2.07. The molecule has 0 aliphatic carbocycles. The molecule has 0 fully saturated rings. The maximum atomic E-state index is 11.6. The normalized spacial score (nSPS) is 10.2. The Hall–Kier alpha value is -1.51. The van der Waals surface area contributed by atoms with Gasteiger partial charge in [0.1, 0.15) is 5.75 Å². The molecule has 16 heavy (non-hydrogen) atoms. The predicted molar refractivity (Wildman–Crippen MR) is 62.7 cm³/mol. The Labute approximate surface area is 96.4 Å². The first-order valence-electron chi connectivity index (χ1n) is 5.44. The van der Waals surface area contributed by atoms with Crippen LogP contribution >= 0.6 is 0 Å². The second-order valence-electron chi connectivity index (χ2n) is 4.05. The first kappa shape index (κ1) is 12.6. The van der Waals surface area contributed by atoms with E-state index in [1.807, 2.05) is 0 Å². The second kappa shape index (κ2) is 6.16. The van der Waals surface area contributed by atoms with Gasteiger partial charge in [-0.05, 0) is 36.6 Å². The Morgan fingerprint density at radius 3 is 2.38 bits per heavy atom. The molecule has 3 heteroatoms. The number of ether oxygens (including phenoxy) is 2. The molecule has 1 rings (SSSR count). The minimum Gasteiger partial charge on any atom is -0.497 e. The van der Waals surface area contributed by atoms with Gasteiger partial charge in [0.15, 0.2) is 0 Å². The highest BCUT2D eigenvalue weighted by molar-refractivity contribution is 5.89. The Kier molecular flexibility index (Phi) is 4.83. The first-order valence-corrected chi connectivity index (χ1v) is 5.44. The molecule has 0 aliphatic rings. The van der Waals surface area contributed by atoms with E-state index in [1.165, 1.54) is 0 Å². The van der Waals surface area contributed by atoms with Gasteiger partial charge in [-0.15, -0.1) is 0 Å². The summed E-state index contributed by atoms with van der Waals surface area (Å²) in [4.78, 5) is 11.6. The highest BCUT2D eigenvalue weighted by Crippen LogP contribution is 2.12. The summed E-state index contributed by atoms with van der Waals surface area (Å²) in [5.41, 5.74) is 0.560. The molecule has 0 spiro atoms. The van der Waals surface area contributed by atoms with Crippen molar-refractivity contribution in [2.45, 2.75) is 20.3 Å². The lowest BCUT2D eigenvalue weighted by Crippen LogP contribution is -2.07. The van der Waals surface area contributed by atoms with Gasteiger partial charge in [-0.25, -0.2) is 4.79 Å². The van der Waals surface area contributed by atoms with Crippen LogP contribution in [-0.4, -0.2) is 19.7 Å². The van der Waals surface area contributed by atoms with Crippen LogP contribution in [0, 0.1) is 5.92 Å². The van der Waals surface area contributed by atoms with Gasteiger partial charge in [0.2, 0.25) is 0 Å². The first-order chi connectivity index (χ1) is 7.63. The fraction of sp³-hybridized carbons (Fsp3) is 0.462. The highest BCUT2D eigenvalue weighted by atomic mass is 16.5. The second-order valence-corrected chi connectivity index (χ2v) is 4.05. The topological polar surface area (TPSA) is 35.5 Å². The molecule has 0 atom stereocenters. The molecule has 0 unspecified atom stereocenters. The molecular weight excluding hydrogens is 204 g/mol. The van der Waals surface area contributed by atoms with E-state index >= 15 is 0 Å². The summed E-state index contributed by atoms with van der Waals surface area (Å²) < 4.78 is 10.1. The molecule has 1 aromatic carbocycles. The molecule has 88 valence electrons. The number of benzene rings is 1. The Morgan fingerprint density at radius 2 is 1.88 bits per heavy atom. The number of rotatable bonds is 5. The van der Waals surface area contributed by atoms with Crippen molar-refractivity contribution in [3.63, 3.8) is 0 Å². The summed E-state index contributed by atoms with van der Waals surface area (Å²) in [6.45, 7) is 4.67. The highest BCUT2D eigenvalue weighted by Gasteiger charge is 2.07. The van der Waals surface area contributed by atoms with Crippen molar-refractivity contribution in [1.29, 1.82) is 0 Å². The Bertz CT molecular complexity index is 328. The van der Waals surface area contributed by atoms with E-state index in [-0.39, 0.29) is 5.97 Å². The minimum atomic E-state index is -0.275. The standard InChI is InChI=1S/C13H18O3/c1-10(2)8-9-16-13(14)11-4-6-12(15-3)7-5-11/h4-7,10H,8-9H2,1-3H3. The molecule has 1 aromatic rings.